The highest BCUT2D eigenvalue weighted by Gasteiger charge is 2.35. The van der Waals surface area contributed by atoms with E-state index < -0.39 is 11.6 Å². The number of rotatable bonds is 8. The van der Waals surface area contributed by atoms with Crippen LogP contribution in [0.25, 0.3) is 10.9 Å². The predicted molar refractivity (Wildman–Crippen MR) is 147 cm³/mol. The van der Waals surface area contributed by atoms with E-state index in [4.69, 9.17) is 21.1 Å². The van der Waals surface area contributed by atoms with E-state index in [0.717, 1.165) is 35.9 Å². The molecule has 2 atom stereocenters. The molecule has 1 aliphatic heterocycles. The van der Waals surface area contributed by atoms with Gasteiger partial charge in [-0.15, -0.1) is 5.10 Å². The van der Waals surface area contributed by atoms with Crippen molar-refractivity contribution >= 4 is 22.5 Å². The number of H-pyrrole nitrogens is 1. The van der Waals surface area contributed by atoms with Gasteiger partial charge in [-0.3, -0.25) is 9.69 Å². The molecule has 2 unspecified atom stereocenters. The Kier molecular flexibility index (Phi) is 7.52. The molecule has 1 fully saturated rings. The number of aromatic nitrogens is 5. The predicted octanol–water partition coefficient (Wildman–Crippen LogP) is 4.70. The van der Waals surface area contributed by atoms with Crippen LogP contribution in [-0.2, 0) is 16.8 Å². The summed E-state index contributed by atoms with van der Waals surface area (Å²) in [4.78, 5) is 19.0. The van der Waals surface area contributed by atoms with Crippen molar-refractivity contribution in [2.75, 3.05) is 20.3 Å². The molecule has 0 amide bonds. The number of methoxy groups -OCH3 is 1. The zero-order valence-corrected chi connectivity index (χ0v) is 22.9. The molecule has 38 heavy (non-hydrogen) atoms. The SMILES string of the molecule is COc1ccc2[nH]c(=O)c(C(c3nnnn3C(C)(C)C)N(Cc3ccc(Cl)cc3)CC3CCCO3)cc2c1. The maximum absolute atomic E-state index is 13.7. The molecule has 0 spiro atoms. The summed E-state index contributed by atoms with van der Waals surface area (Å²) < 4.78 is 13.3. The van der Waals surface area contributed by atoms with E-state index in [2.05, 4.69) is 25.4 Å². The monoisotopic (exact) mass is 536 g/mol. The lowest BCUT2D eigenvalue weighted by molar-refractivity contribution is 0.0564. The molecule has 5 rings (SSSR count). The van der Waals surface area contributed by atoms with E-state index in [9.17, 15) is 4.79 Å². The van der Waals surface area contributed by atoms with Gasteiger partial charge in [-0.25, -0.2) is 4.68 Å². The van der Waals surface area contributed by atoms with E-state index in [-0.39, 0.29) is 11.7 Å². The number of aromatic amines is 1. The molecule has 3 heterocycles. The standard InChI is InChI=1S/C28H33ClN6O3/c1-28(2,3)35-26(31-32-33-35)25(23-15-19-14-21(37-4)11-12-24(19)30-27(23)36)34(17-22-6-5-13-38-22)16-18-7-9-20(29)10-8-18/h7-12,14-15,22,25H,5-6,13,16-17H2,1-4H3,(H,30,36). The lowest BCUT2D eigenvalue weighted by Gasteiger charge is -2.34. The van der Waals surface area contributed by atoms with E-state index in [1.165, 1.54) is 0 Å². The maximum Gasteiger partial charge on any atom is 0.253 e. The van der Waals surface area contributed by atoms with Gasteiger partial charge >= 0.3 is 0 Å². The Morgan fingerprint density at radius 3 is 2.68 bits per heavy atom. The summed E-state index contributed by atoms with van der Waals surface area (Å²) in [5.41, 5.74) is 1.76. The van der Waals surface area contributed by atoms with Crippen LogP contribution in [0.3, 0.4) is 0 Å². The number of tetrazole rings is 1. The van der Waals surface area contributed by atoms with Crippen LogP contribution in [0.5, 0.6) is 5.75 Å². The third-order valence-electron chi connectivity index (χ3n) is 6.87. The number of nitrogens with one attached hydrogen (secondary N) is 1. The fraction of sp³-hybridized carbons (Fsp3) is 0.429. The number of halogens is 1. The summed E-state index contributed by atoms with van der Waals surface area (Å²) in [5.74, 6) is 1.31. The molecule has 2 aromatic heterocycles. The summed E-state index contributed by atoms with van der Waals surface area (Å²) >= 11 is 6.18. The van der Waals surface area contributed by atoms with Crippen LogP contribution in [0.4, 0.5) is 0 Å². The van der Waals surface area contributed by atoms with E-state index in [1.54, 1.807) is 11.8 Å². The van der Waals surface area contributed by atoms with Gasteiger partial charge in [0.15, 0.2) is 5.82 Å². The van der Waals surface area contributed by atoms with Crippen molar-refractivity contribution in [3.8, 4) is 5.75 Å². The van der Waals surface area contributed by atoms with Gasteiger partial charge in [0.05, 0.1) is 18.8 Å². The average molecular weight is 537 g/mol. The number of hydrogen-bond acceptors (Lipinski definition) is 7. The molecule has 10 heteroatoms. The summed E-state index contributed by atoms with van der Waals surface area (Å²) in [6.45, 7) is 8.03. The summed E-state index contributed by atoms with van der Waals surface area (Å²) in [5, 5.41) is 14.4. The van der Waals surface area contributed by atoms with Gasteiger partial charge in [0.25, 0.3) is 5.56 Å². The molecule has 2 aromatic carbocycles. The topological polar surface area (TPSA) is 98.2 Å². The van der Waals surface area contributed by atoms with Crippen LogP contribution in [0.1, 0.15) is 56.6 Å². The molecule has 0 bridgehead atoms. The van der Waals surface area contributed by atoms with Crippen LogP contribution in [-0.4, -0.2) is 56.5 Å². The van der Waals surface area contributed by atoms with E-state index >= 15 is 0 Å². The fourth-order valence-corrected chi connectivity index (χ4v) is 5.13. The first-order chi connectivity index (χ1) is 18.2. The van der Waals surface area contributed by atoms with Gasteiger partial charge in [-0.05, 0) is 86.0 Å². The van der Waals surface area contributed by atoms with Crippen molar-refractivity contribution in [1.29, 1.82) is 0 Å². The molecule has 200 valence electrons. The summed E-state index contributed by atoms with van der Waals surface area (Å²) in [6, 6.07) is 14.8. The molecule has 0 radical (unpaired) electrons. The van der Waals surface area contributed by atoms with Crippen molar-refractivity contribution in [1.82, 2.24) is 30.1 Å². The second-order valence-corrected chi connectivity index (χ2v) is 11.2. The van der Waals surface area contributed by atoms with E-state index in [1.807, 2.05) is 69.3 Å². The van der Waals surface area contributed by atoms with Crippen molar-refractivity contribution < 1.29 is 9.47 Å². The zero-order valence-electron chi connectivity index (χ0n) is 22.1. The Morgan fingerprint density at radius 2 is 2.00 bits per heavy atom. The minimum Gasteiger partial charge on any atom is -0.497 e. The molecule has 4 aromatic rings. The van der Waals surface area contributed by atoms with Crippen LogP contribution >= 0.6 is 11.6 Å². The van der Waals surface area contributed by atoms with Crippen LogP contribution in [0.2, 0.25) is 5.02 Å². The first-order valence-corrected chi connectivity index (χ1v) is 13.2. The largest absolute Gasteiger partial charge is 0.497 e. The molecule has 9 nitrogen and oxygen atoms in total. The number of pyridine rings is 1. The minimum absolute atomic E-state index is 0.0448. The first-order valence-electron chi connectivity index (χ1n) is 12.8. The highest BCUT2D eigenvalue weighted by molar-refractivity contribution is 6.30. The number of benzene rings is 2. The Balaban J connectivity index is 1.69. The van der Waals surface area contributed by atoms with Crippen molar-refractivity contribution in [3.05, 3.63) is 80.9 Å². The van der Waals surface area contributed by atoms with Crippen molar-refractivity contribution in [2.24, 2.45) is 0 Å². The molecular formula is C28H33ClN6O3. The number of hydrogen-bond donors (Lipinski definition) is 1. The third-order valence-corrected chi connectivity index (χ3v) is 7.13. The first kappa shape index (κ1) is 26.3. The Hall–Kier alpha value is -3.27. The molecule has 0 aliphatic carbocycles. The van der Waals surface area contributed by atoms with Gasteiger partial charge < -0.3 is 14.5 Å². The van der Waals surface area contributed by atoms with Crippen LogP contribution in [0.15, 0.2) is 53.3 Å². The maximum atomic E-state index is 13.7. The fourth-order valence-electron chi connectivity index (χ4n) is 5.01. The lowest BCUT2D eigenvalue weighted by atomic mass is 10.00. The number of ether oxygens (including phenoxy) is 2. The van der Waals surface area contributed by atoms with Crippen molar-refractivity contribution in [2.45, 2.75) is 57.8 Å². The summed E-state index contributed by atoms with van der Waals surface area (Å²) in [6.07, 6.45) is 2.02. The van der Waals surface area contributed by atoms with Gasteiger partial charge in [0, 0.05) is 41.2 Å². The molecule has 1 aliphatic rings. The second-order valence-electron chi connectivity index (χ2n) is 10.7. The van der Waals surface area contributed by atoms with Crippen LogP contribution < -0.4 is 10.3 Å². The quantitative estimate of drug-likeness (QED) is 0.348. The van der Waals surface area contributed by atoms with Gasteiger partial charge in [0.1, 0.15) is 11.8 Å². The molecule has 0 saturated carbocycles. The third kappa shape index (κ3) is 5.60. The van der Waals surface area contributed by atoms with E-state index in [0.29, 0.717) is 35.2 Å². The van der Waals surface area contributed by atoms with Crippen molar-refractivity contribution in [3.63, 3.8) is 0 Å². The minimum atomic E-state index is -0.538. The number of fused-ring (bicyclic) bond motifs is 1. The normalized spacial score (nSPS) is 16.8. The van der Waals surface area contributed by atoms with Gasteiger partial charge in [-0.1, -0.05) is 23.7 Å². The zero-order chi connectivity index (χ0) is 26.9. The Bertz CT molecular complexity index is 1450. The van der Waals surface area contributed by atoms with Crippen LogP contribution in [0, 0.1) is 0 Å². The Morgan fingerprint density at radius 1 is 1.21 bits per heavy atom. The molecule has 1 N–H and O–H groups in total. The van der Waals surface area contributed by atoms with Gasteiger partial charge in [0.2, 0.25) is 0 Å². The lowest BCUT2D eigenvalue weighted by Crippen LogP contribution is -2.40. The molecule has 1 saturated heterocycles. The highest BCUT2D eigenvalue weighted by atomic mass is 35.5. The summed E-state index contributed by atoms with van der Waals surface area (Å²) in [7, 11) is 1.63. The highest BCUT2D eigenvalue weighted by Crippen LogP contribution is 2.32. The average Bonchev–Trinajstić information content (AvgIpc) is 3.58. The Labute approximate surface area is 226 Å². The number of nitrogens with zero attached hydrogens (tertiary/aromatic N) is 5. The molecular weight excluding hydrogens is 504 g/mol. The van der Waals surface area contributed by atoms with Gasteiger partial charge in [-0.2, -0.15) is 0 Å². The second kappa shape index (κ2) is 10.8. The smallest absolute Gasteiger partial charge is 0.253 e.